The zero-order chi connectivity index (χ0) is 12.5. The molecule has 1 saturated heterocycles. The average molecular weight is 253 g/mol. The van der Waals surface area contributed by atoms with E-state index in [9.17, 15) is 4.79 Å². The Kier molecular flexibility index (Phi) is 3.55. The lowest BCUT2D eigenvalue weighted by atomic mass is 9.87. The van der Waals surface area contributed by atoms with Crippen LogP contribution in [-0.2, 0) is 4.74 Å². The summed E-state index contributed by atoms with van der Waals surface area (Å²) in [5, 5.41) is 0.634. The summed E-state index contributed by atoms with van der Waals surface area (Å²) in [5.74, 6) is 0.0408. The second kappa shape index (κ2) is 4.79. The normalized spacial score (nSPS) is 24.6. The van der Waals surface area contributed by atoms with Crippen LogP contribution in [0.3, 0.4) is 0 Å². The van der Waals surface area contributed by atoms with E-state index >= 15 is 0 Å². The molecule has 2 nitrogen and oxygen atoms in total. The van der Waals surface area contributed by atoms with Crippen molar-refractivity contribution in [3.8, 4) is 0 Å². The molecule has 1 aliphatic rings. The molecule has 1 aromatic rings. The molecule has 0 radical (unpaired) electrons. The van der Waals surface area contributed by atoms with E-state index in [-0.39, 0.29) is 5.78 Å². The van der Waals surface area contributed by atoms with Crippen molar-refractivity contribution in [3.05, 3.63) is 34.3 Å². The van der Waals surface area contributed by atoms with E-state index in [4.69, 9.17) is 16.3 Å². The van der Waals surface area contributed by atoms with E-state index in [0.717, 1.165) is 24.8 Å². The zero-order valence-electron chi connectivity index (χ0n) is 10.3. The molecule has 1 atom stereocenters. The maximum Gasteiger partial charge on any atom is 0.194 e. The number of aryl methyl sites for hydroxylation is 1. The first-order chi connectivity index (χ1) is 8.03. The first-order valence-electron chi connectivity index (χ1n) is 5.98. The van der Waals surface area contributed by atoms with Gasteiger partial charge in [0.25, 0.3) is 0 Å². The molecular weight excluding hydrogens is 236 g/mol. The van der Waals surface area contributed by atoms with Gasteiger partial charge in [-0.1, -0.05) is 23.7 Å². The zero-order valence-corrected chi connectivity index (χ0v) is 11.0. The van der Waals surface area contributed by atoms with E-state index in [1.54, 1.807) is 6.07 Å². The van der Waals surface area contributed by atoms with Gasteiger partial charge in [-0.05, 0) is 44.7 Å². The second-order valence-corrected chi connectivity index (χ2v) is 5.24. The van der Waals surface area contributed by atoms with Gasteiger partial charge in [-0.2, -0.15) is 0 Å². The van der Waals surface area contributed by atoms with Crippen LogP contribution < -0.4 is 0 Å². The molecule has 0 bridgehead atoms. The van der Waals surface area contributed by atoms with Crippen LogP contribution in [0.5, 0.6) is 0 Å². The average Bonchev–Trinajstić information content (AvgIpc) is 2.33. The lowest BCUT2D eigenvalue weighted by Crippen LogP contribution is -2.41. The van der Waals surface area contributed by atoms with Gasteiger partial charge in [-0.3, -0.25) is 4.79 Å². The molecule has 1 unspecified atom stereocenters. The largest absolute Gasteiger partial charge is 0.367 e. The lowest BCUT2D eigenvalue weighted by molar-refractivity contribution is -0.0426. The number of ketones is 1. The highest BCUT2D eigenvalue weighted by Crippen LogP contribution is 2.29. The fourth-order valence-electron chi connectivity index (χ4n) is 2.15. The molecule has 92 valence electrons. The topological polar surface area (TPSA) is 26.3 Å². The number of halogens is 1. The van der Waals surface area contributed by atoms with Crippen molar-refractivity contribution < 1.29 is 9.53 Å². The van der Waals surface area contributed by atoms with E-state index < -0.39 is 5.60 Å². The van der Waals surface area contributed by atoms with Crippen molar-refractivity contribution in [1.82, 2.24) is 0 Å². The molecule has 0 spiro atoms. The number of rotatable bonds is 2. The van der Waals surface area contributed by atoms with Gasteiger partial charge in [-0.15, -0.1) is 0 Å². The summed E-state index contributed by atoms with van der Waals surface area (Å²) in [6, 6.07) is 5.44. The minimum atomic E-state index is -0.670. The Morgan fingerprint density at radius 1 is 1.41 bits per heavy atom. The van der Waals surface area contributed by atoms with Gasteiger partial charge in [0.1, 0.15) is 5.60 Å². The Labute approximate surface area is 107 Å². The van der Waals surface area contributed by atoms with Crippen molar-refractivity contribution in [2.24, 2.45) is 0 Å². The van der Waals surface area contributed by atoms with Crippen LogP contribution in [0.25, 0.3) is 0 Å². The third-order valence-corrected chi connectivity index (χ3v) is 3.79. The minimum Gasteiger partial charge on any atom is -0.367 e. The summed E-state index contributed by atoms with van der Waals surface area (Å²) < 4.78 is 5.66. The number of hydrogen-bond donors (Lipinski definition) is 0. The van der Waals surface area contributed by atoms with Crippen LogP contribution in [0.4, 0.5) is 0 Å². The maximum atomic E-state index is 12.4. The van der Waals surface area contributed by atoms with Crippen LogP contribution in [-0.4, -0.2) is 18.0 Å². The van der Waals surface area contributed by atoms with E-state index in [2.05, 4.69) is 0 Å². The van der Waals surface area contributed by atoms with E-state index in [1.165, 1.54) is 0 Å². The summed E-state index contributed by atoms with van der Waals surface area (Å²) in [4.78, 5) is 12.4. The second-order valence-electron chi connectivity index (χ2n) is 4.83. The lowest BCUT2D eigenvalue weighted by Gasteiger charge is -2.32. The third-order valence-electron chi connectivity index (χ3n) is 3.38. The van der Waals surface area contributed by atoms with Gasteiger partial charge in [0, 0.05) is 17.2 Å². The molecule has 1 aliphatic heterocycles. The van der Waals surface area contributed by atoms with Gasteiger partial charge in [-0.25, -0.2) is 0 Å². The van der Waals surface area contributed by atoms with Gasteiger partial charge >= 0.3 is 0 Å². The molecule has 0 N–H and O–H groups in total. The molecule has 1 fully saturated rings. The Morgan fingerprint density at radius 3 is 2.76 bits per heavy atom. The van der Waals surface area contributed by atoms with Crippen LogP contribution in [0.2, 0.25) is 5.02 Å². The molecule has 17 heavy (non-hydrogen) atoms. The number of benzene rings is 1. The molecule has 3 heteroatoms. The quantitative estimate of drug-likeness (QED) is 0.749. The first kappa shape index (κ1) is 12.6. The Morgan fingerprint density at radius 2 is 2.18 bits per heavy atom. The van der Waals surface area contributed by atoms with Gasteiger partial charge in [0.05, 0.1) is 0 Å². The minimum absolute atomic E-state index is 0.0408. The van der Waals surface area contributed by atoms with Crippen LogP contribution in [0.1, 0.15) is 42.1 Å². The number of carbonyl (C=O) groups excluding carboxylic acids is 1. The summed E-state index contributed by atoms with van der Waals surface area (Å²) in [7, 11) is 0. The fourth-order valence-corrected chi connectivity index (χ4v) is 2.33. The van der Waals surface area contributed by atoms with Gasteiger partial charge < -0.3 is 4.74 Å². The van der Waals surface area contributed by atoms with Crippen molar-refractivity contribution in [2.45, 2.75) is 38.7 Å². The number of carbonyl (C=O) groups is 1. The summed E-state index contributed by atoms with van der Waals surface area (Å²) in [5.41, 5.74) is 0.958. The molecule has 0 aromatic heterocycles. The Bertz CT molecular complexity index is 434. The van der Waals surface area contributed by atoms with Crippen molar-refractivity contribution in [3.63, 3.8) is 0 Å². The van der Waals surface area contributed by atoms with Crippen LogP contribution in [0, 0.1) is 6.92 Å². The van der Waals surface area contributed by atoms with Crippen molar-refractivity contribution in [2.75, 3.05) is 6.61 Å². The van der Waals surface area contributed by atoms with Gasteiger partial charge in [0.15, 0.2) is 5.78 Å². The summed E-state index contributed by atoms with van der Waals surface area (Å²) in [6.45, 7) is 4.47. The highest BCUT2D eigenvalue weighted by Gasteiger charge is 2.36. The number of ether oxygens (including phenoxy) is 1. The smallest absolute Gasteiger partial charge is 0.194 e. The van der Waals surface area contributed by atoms with E-state index in [0.29, 0.717) is 17.2 Å². The van der Waals surface area contributed by atoms with Crippen LogP contribution >= 0.6 is 11.6 Å². The molecule has 0 saturated carbocycles. The highest BCUT2D eigenvalue weighted by molar-refractivity contribution is 6.31. The predicted octanol–water partition coefficient (Wildman–Crippen LogP) is 3.79. The Balaban J connectivity index is 2.26. The SMILES string of the molecule is Cc1ccc(C(=O)C2(C)CCCCO2)cc1Cl. The standard InChI is InChI=1S/C14H17ClO2/c1-10-5-6-11(9-12(10)15)13(16)14(2)7-3-4-8-17-14/h5-6,9H,3-4,7-8H2,1-2H3. The number of hydrogen-bond acceptors (Lipinski definition) is 2. The maximum absolute atomic E-state index is 12.4. The van der Waals surface area contributed by atoms with Crippen molar-refractivity contribution >= 4 is 17.4 Å². The highest BCUT2D eigenvalue weighted by atomic mass is 35.5. The molecule has 0 amide bonds. The van der Waals surface area contributed by atoms with Crippen LogP contribution in [0.15, 0.2) is 18.2 Å². The fraction of sp³-hybridized carbons (Fsp3) is 0.500. The predicted molar refractivity (Wildman–Crippen MR) is 68.7 cm³/mol. The molecule has 1 heterocycles. The first-order valence-corrected chi connectivity index (χ1v) is 6.36. The molecular formula is C14H17ClO2. The third kappa shape index (κ3) is 2.53. The summed E-state index contributed by atoms with van der Waals surface area (Å²) in [6.07, 6.45) is 2.87. The summed E-state index contributed by atoms with van der Waals surface area (Å²) >= 11 is 6.05. The monoisotopic (exact) mass is 252 g/mol. The number of Topliss-reactive ketones (excluding diaryl/α,β-unsaturated/α-hetero) is 1. The molecule has 0 aliphatic carbocycles. The van der Waals surface area contributed by atoms with Gasteiger partial charge in [0.2, 0.25) is 0 Å². The Hall–Kier alpha value is -0.860. The van der Waals surface area contributed by atoms with E-state index in [1.807, 2.05) is 26.0 Å². The molecule has 2 rings (SSSR count). The molecule has 1 aromatic carbocycles. The van der Waals surface area contributed by atoms with Crippen molar-refractivity contribution in [1.29, 1.82) is 0 Å².